The average molecular weight is 565 g/mol. The number of benzene rings is 1. The van der Waals surface area contributed by atoms with Gasteiger partial charge in [0.15, 0.2) is 17.5 Å². The van der Waals surface area contributed by atoms with Crippen LogP contribution in [0, 0.1) is 16.7 Å². The third-order valence-electron chi connectivity index (χ3n) is 8.57. The van der Waals surface area contributed by atoms with Crippen LogP contribution in [0.25, 0.3) is 0 Å². The van der Waals surface area contributed by atoms with Gasteiger partial charge in [-0.1, -0.05) is 19.9 Å². The molecule has 0 N–H and O–H groups in total. The van der Waals surface area contributed by atoms with Crippen molar-refractivity contribution in [3.8, 4) is 11.5 Å². The molecule has 2 fully saturated rings. The van der Waals surface area contributed by atoms with E-state index in [2.05, 4.69) is 13.8 Å². The normalized spacial score (nSPS) is 24.6. The van der Waals surface area contributed by atoms with E-state index in [1.807, 2.05) is 48.5 Å². The number of hydrogen-bond donors (Lipinski definition) is 0. The third-order valence-corrected chi connectivity index (χ3v) is 10.9. The van der Waals surface area contributed by atoms with E-state index in [4.69, 9.17) is 19.2 Å². The summed E-state index contributed by atoms with van der Waals surface area (Å²) in [6.45, 7) is 17.5. The molecule has 0 aromatic heterocycles. The number of rotatable bonds is 10. The fourth-order valence-electron chi connectivity index (χ4n) is 6.74. The zero-order valence-electron chi connectivity index (χ0n) is 25.6. The second-order valence-corrected chi connectivity index (χ2v) is 15.0. The molecule has 9 heteroatoms. The average Bonchev–Trinajstić information content (AvgIpc) is 3.14. The number of carbonyl (C=O) groups is 1. The monoisotopic (exact) mass is 564 g/mol. The number of ether oxygens (including phenoxy) is 3. The van der Waals surface area contributed by atoms with Crippen molar-refractivity contribution in [3.05, 3.63) is 23.8 Å². The lowest BCUT2D eigenvalue weighted by molar-refractivity contribution is -0.156. The smallest absolute Gasteiger partial charge is 0.336 e. The Labute approximate surface area is 235 Å². The topological polar surface area (TPSA) is 94.5 Å². The predicted molar refractivity (Wildman–Crippen MR) is 155 cm³/mol. The van der Waals surface area contributed by atoms with Crippen LogP contribution in [0.1, 0.15) is 93.2 Å². The highest BCUT2D eigenvalue weighted by molar-refractivity contribution is 7.89. The van der Waals surface area contributed by atoms with E-state index in [1.54, 1.807) is 36.7 Å². The van der Waals surface area contributed by atoms with Crippen LogP contribution in [0.2, 0.25) is 0 Å². The van der Waals surface area contributed by atoms with Gasteiger partial charge in [-0.15, -0.1) is 0 Å². The highest BCUT2D eigenvalue weighted by Crippen LogP contribution is 2.65. The summed E-state index contributed by atoms with van der Waals surface area (Å²) in [5, 5.41) is 0. The Morgan fingerprint density at radius 3 is 2.15 bits per heavy atom. The number of aliphatic imine (C=N–C) groups is 1. The Morgan fingerprint density at radius 1 is 1.08 bits per heavy atom. The van der Waals surface area contributed by atoms with Crippen LogP contribution in [0.5, 0.6) is 11.5 Å². The number of nitrogens with zero attached hydrogens (tertiary/aromatic N) is 2. The molecule has 2 bridgehead atoms. The maximum absolute atomic E-state index is 14.0. The maximum atomic E-state index is 14.0. The van der Waals surface area contributed by atoms with E-state index in [9.17, 15) is 13.2 Å². The second kappa shape index (κ2) is 11.0. The minimum Gasteiger partial charge on any atom is -0.493 e. The summed E-state index contributed by atoms with van der Waals surface area (Å²) in [5.41, 5.74) is -0.260. The van der Waals surface area contributed by atoms with E-state index >= 15 is 0 Å². The van der Waals surface area contributed by atoms with E-state index in [1.165, 1.54) is 0 Å². The van der Waals surface area contributed by atoms with Crippen molar-refractivity contribution in [1.82, 2.24) is 4.31 Å². The molecule has 1 aromatic rings. The summed E-state index contributed by atoms with van der Waals surface area (Å²) in [6.07, 6.45) is 2.33. The van der Waals surface area contributed by atoms with E-state index in [-0.39, 0.29) is 23.3 Å². The van der Waals surface area contributed by atoms with E-state index in [0.717, 1.165) is 18.6 Å². The molecule has 1 aromatic carbocycles. The molecular formula is C30H48N2O6S. The molecule has 2 aliphatic rings. The summed E-state index contributed by atoms with van der Waals surface area (Å²) in [5.74, 6) is 0.822. The number of sulfonamides is 1. The van der Waals surface area contributed by atoms with Crippen LogP contribution in [0.4, 0.5) is 0 Å². The third kappa shape index (κ3) is 5.99. The standard InChI is InChI=1S/C30H48N2O6S/c1-19(2)32(20(3)4)39(34,35)18-30-15-14-22(29(30,8)9)17-25(30)31-26(27(33)38-28(5,6)7)21-12-13-23(36-10)24(16-21)37-11/h12-13,16,19-20,22,26H,14-15,17-18H2,1-11H3/t22-,26-,30-/m1/s1. The molecule has 3 atom stereocenters. The Kier molecular flexibility index (Phi) is 8.88. The molecule has 0 heterocycles. The van der Waals surface area contributed by atoms with Gasteiger partial charge in [0, 0.05) is 23.2 Å². The summed E-state index contributed by atoms with van der Waals surface area (Å²) in [4.78, 5) is 18.7. The van der Waals surface area contributed by atoms with Crippen LogP contribution < -0.4 is 9.47 Å². The molecule has 8 nitrogen and oxygen atoms in total. The highest BCUT2D eigenvalue weighted by Gasteiger charge is 2.64. The first kappa shape index (κ1) is 31.4. The number of methoxy groups -OCH3 is 2. The zero-order chi connectivity index (χ0) is 29.6. The SMILES string of the molecule is COc1ccc([C@@H](N=C2C[C@H]3CC[C@]2(CS(=O)(=O)N(C(C)C)C(C)C)C3(C)C)C(=O)OC(C)(C)C)cc1OC. The predicted octanol–water partition coefficient (Wildman–Crippen LogP) is 5.80. The van der Waals surface area contributed by atoms with Gasteiger partial charge in [-0.3, -0.25) is 4.99 Å². The fraction of sp³-hybridized carbons (Fsp3) is 0.733. The summed E-state index contributed by atoms with van der Waals surface area (Å²) in [7, 11) is -0.519. The summed E-state index contributed by atoms with van der Waals surface area (Å²) >= 11 is 0. The Bertz CT molecular complexity index is 1190. The molecule has 220 valence electrons. The fourth-order valence-corrected chi connectivity index (χ4v) is 9.48. The van der Waals surface area contributed by atoms with Crippen LogP contribution in [-0.2, 0) is 19.6 Å². The lowest BCUT2D eigenvalue weighted by Gasteiger charge is -2.41. The van der Waals surface area contributed by atoms with Gasteiger partial charge in [0.25, 0.3) is 0 Å². The van der Waals surface area contributed by atoms with Gasteiger partial charge in [0.1, 0.15) is 5.60 Å². The van der Waals surface area contributed by atoms with Crippen LogP contribution in [0.15, 0.2) is 23.2 Å². The molecule has 0 aliphatic heterocycles. The number of hydrogen-bond acceptors (Lipinski definition) is 7. The van der Waals surface area contributed by atoms with Crippen molar-refractivity contribution < 1.29 is 27.4 Å². The first-order chi connectivity index (χ1) is 17.9. The molecule has 0 spiro atoms. The Balaban J connectivity index is 2.17. The van der Waals surface area contributed by atoms with Gasteiger partial charge >= 0.3 is 5.97 Å². The molecular weight excluding hydrogens is 516 g/mol. The van der Waals surface area contributed by atoms with Gasteiger partial charge in [0.2, 0.25) is 10.0 Å². The van der Waals surface area contributed by atoms with Gasteiger partial charge in [-0.25, -0.2) is 13.2 Å². The lowest BCUT2D eigenvalue weighted by Crippen LogP contribution is -2.50. The minimum atomic E-state index is -3.62. The van der Waals surface area contributed by atoms with E-state index in [0.29, 0.717) is 29.4 Å². The summed E-state index contributed by atoms with van der Waals surface area (Å²) in [6, 6.07) is 4.02. The molecule has 0 radical (unpaired) electrons. The summed E-state index contributed by atoms with van der Waals surface area (Å²) < 4.78 is 46.3. The molecule has 0 amide bonds. The van der Waals surface area contributed by atoms with Gasteiger partial charge in [0.05, 0.1) is 20.0 Å². The van der Waals surface area contributed by atoms with E-state index < -0.39 is 33.1 Å². The Morgan fingerprint density at radius 2 is 1.67 bits per heavy atom. The van der Waals surface area contributed by atoms with Crippen LogP contribution in [-0.4, -0.2) is 62.1 Å². The highest BCUT2D eigenvalue weighted by atomic mass is 32.2. The van der Waals surface area contributed by atoms with Gasteiger partial charge in [-0.05, 0) is 96.8 Å². The number of carbonyl (C=O) groups excluding carboxylic acids is 1. The van der Waals surface area contributed by atoms with Crippen molar-refractivity contribution in [2.75, 3.05) is 20.0 Å². The maximum Gasteiger partial charge on any atom is 0.336 e. The minimum absolute atomic E-state index is 0.0222. The quantitative estimate of drug-likeness (QED) is 0.333. The molecule has 0 saturated heterocycles. The number of fused-ring (bicyclic) bond motifs is 2. The van der Waals surface area contributed by atoms with Crippen molar-refractivity contribution >= 4 is 21.7 Å². The Hall–Kier alpha value is -2.13. The first-order valence-corrected chi connectivity index (χ1v) is 15.5. The van der Waals surface area contributed by atoms with Crippen LogP contribution in [0.3, 0.4) is 0 Å². The second-order valence-electron chi connectivity index (χ2n) is 13.1. The van der Waals surface area contributed by atoms with Crippen molar-refractivity contribution in [3.63, 3.8) is 0 Å². The first-order valence-electron chi connectivity index (χ1n) is 13.9. The lowest BCUT2D eigenvalue weighted by atomic mass is 9.70. The molecule has 3 rings (SSSR count). The molecule has 2 aliphatic carbocycles. The largest absolute Gasteiger partial charge is 0.493 e. The number of esters is 1. The van der Waals surface area contributed by atoms with Gasteiger partial charge in [-0.2, -0.15) is 4.31 Å². The van der Waals surface area contributed by atoms with Crippen molar-refractivity contribution in [2.24, 2.45) is 21.7 Å². The molecule has 39 heavy (non-hydrogen) atoms. The van der Waals surface area contributed by atoms with Crippen molar-refractivity contribution in [1.29, 1.82) is 0 Å². The molecule has 2 saturated carbocycles. The van der Waals surface area contributed by atoms with Crippen molar-refractivity contribution in [2.45, 2.75) is 105 Å². The van der Waals surface area contributed by atoms with Crippen LogP contribution >= 0.6 is 0 Å². The van der Waals surface area contributed by atoms with Gasteiger partial charge < -0.3 is 14.2 Å². The zero-order valence-corrected chi connectivity index (χ0v) is 26.4. The molecule has 0 unspecified atom stereocenters.